The first kappa shape index (κ1) is 18.1. The van der Waals surface area contributed by atoms with Gasteiger partial charge in [0, 0.05) is 22.8 Å². The largest absolute Gasteiger partial charge is 0.489 e. The van der Waals surface area contributed by atoms with Crippen LogP contribution in [0.5, 0.6) is 5.75 Å². The van der Waals surface area contributed by atoms with Gasteiger partial charge in [-0.05, 0) is 65.1 Å². The molecular formula is C25H24N2O. The fourth-order valence-corrected chi connectivity index (χ4v) is 3.30. The average Bonchev–Trinajstić information content (AvgIpc) is 2.72. The fourth-order valence-electron chi connectivity index (χ4n) is 3.30. The molecule has 0 aliphatic carbocycles. The molecule has 0 amide bonds. The van der Waals surface area contributed by atoms with Crippen LogP contribution >= 0.6 is 0 Å². The molecule has 3 aromatic carbocycles. The Kier molecular flexibility index (Phi) is 4.98. The molecule has 0 fully saturated rings. The third kappa shape index (κ3) is 3.84. The number of nitrogens with two attached hydrogens (primary N) is 1. The normalized spacial score (nSPS) is 11.1. The standard InChI is InChI=1S/C25H24N2O/c1-17(2)21-13-20-6-4-12-27-25(20)24(15-21)19-5-3-7-23(14-19)28-16-18-8-10-22(26)11-9-18/h3-15,17H,16,26H2,1-2H3. The molecule has 0 saturated carbocycles. The minimum absolute atomic E-state index is 0.452. The molecule has 0 saturated heterocycles. The van der Waals surface area contributed by atoms with Gasteiger partial charge in [0.15, 0.2) is 0 Å². The van der Waals surface area contributed by atoms with Crippen molar-refractivity contribution in [3.63, 3.8) is 0 Å². The van der Waals surface area contributed by atoms with Crippen LogP contribution in [-0.4, -0.2) is 4.98 Å². The molecule has 2 N–H and O–H groups in total. The summed E-state index contributed by atoms with van der Waals surface area (Å²) in [6, 6.07) is 24.6. The van der Waals surface area contributed by atoms with Crippen molar-refractivity contribution >= 4 is 16.6 Å². The number of ether oxygens (including phenoxy) is 1. The third-order valence-electron chi connectivity index (χ3n) is 4.92. The first-order valence-electron chi connectivity index (χ1n) is 9.56. The maximum Gasteiger partial charge on any atom is 0.120 e. The van der Waals surface area contributed by atoms with E-state index in [1.54, 1.807) is 0 Å². The molecule has 3 nitrogen and oxygen atoms in total. The average molecular weight is 368 g/mol. The van der Waals surface area contributed by atoms with E-state index < -0.39 is 0 Å². The monoisotopic (exact) mass is 368 g/mol. The number of hydrogen-bond donors (Lipinski definition) is 1. The van der Waals surface area contributed by atoms with Crippen LogP contribution in [0.1, 0.15) is 30.9 Å². The lowest BCUT2D eigenvalue weighted by atomic mass is 9.94. The molecule has 0 aliphatic heterocycles. The van der Waals surface area contributed by atoms with Crippen molar-refractivity contribution in [3.8, 4) is 16.9 Å². The summed E-state index contributed by atoms with van der Waals surface area (Å²) in [5.74, 6) is 1.29. The highest BCUT2D eigenvalue weighted by Gasteiger charge is 2.10. The molecule has 28 heavy (non-hydrogen) atoms. The van der Waals surface area contributed by atoms with Gasteiger partial charge in [0.2, 0.25) is 0 Å². The van der Waals surface area contributed by atoms with Crippen molar-refractivity contribution in [1.29, 1.82) is 0 Å². The van der Waals surface area contributed by atoms with Gasteiger partial charge in [0.1, 0.15) is 12.4 Å². The Labute approximate surface area is 165 Å². The molecule has 1 heterocycles. The van der Waals surface area contributed by atoms with Crippen LogP contribution in [0.3, 0.4) is 0 Å². The van der Waals surface area contributed by atoms with Crippen LogP contribution in [0.25, 0.3) is 22.0 Å². The number of nitrogen functional groups attached to an aromatic ring is 1. The van der Waals surface area contributed by atoms with Gasteiger partial charge < -0.3 is 10.5 Å². The van der Waals surface area contributed by atoms with E-state index in [-0.39, 0.29) is 0 Å². The van der Waals surface area contributed by atoms with E-state index in [1.165, 1.54) is 5.56 Å². The zero-order valence-electron chi connectivity index (χ0n) is 16.2. The Balaban J connectivity index is 1.68. The van der Waals surface area contributed by atoms with Crippen molar-refractivity contribution in [2.24, 2.45) is 0 Å². The second kappa shape index (κ2) is 7.73. The van der Waals surface area contributed by atoms with Crippen molar-refractivity contribution in [3.05, 3.63) is 90.1 Å². The highest BCUT2D eigenvalue weighted by molar-refractivity contribution is 5.94. The number of hydrogen-bond acceptors (Lipinski definition) is 3. The summed E-state index contributed by atoms with van der Waals surface area (Å²) in [7, 11) is 0. The highest BCUT2D eigenvalue weighted by atomic mass is 16.5. The quantitative estimate of drug-likeness (QED) is 0.427. The molecule has 3 heteroatoms. The summed E-state index contributed by atoms with van der Waals surface area (Å²) in [5.41, 5.74) is 12.2. The number of benzene rings is 3. The smallest absolute Gasteiger partial charge is 0.120 e. The molecule has 0 atom stereocenters. The minimum atomic E-state index is 0.452. The van der Waals surface area contributed by atoms with Crippen molar-refractivity contribution in [2.45, 2.75) is 26.4 Å². The molecule has 0 bridgehead atoms. The first-order valence-corrected chi connectivity index (χ1v) is 9.56. The lowest BCUT2D eigenvalue weighted by molar-refractivity contribution is 0.306. The molecule has 0 aliphatic rings. The Morgan fingerprint density at radius 1 is 0.929 bits per heavy atom. The lowest BCUT2D eigenvalue weighted by Gasteiger charge is -2.13. The van der Waals surface area contributed by atoms with Gasteiger partial charge in [-0.2, -0.15) is 0 Å². The zero-order chi connectivity index (χ0) is 19.5. The molecule has 0 radical (unpaired) electrons. The van der Waals surface area contributed by atoms with Crippen LogP contribution < -0.4 is 10.5 Å². The number of rotatable bonds is 5. The van der Waals surface area contributed by atoms with Crippen LogP contribution in [-0.2, 0) is 6.61 Å². The fraction of sp³-hybridized carbons (Fsp3) is 0.160. The number of nitrogens with zero attached hydrogens (tertiary/aromatic N) is 1. The van der Waals surface area contributed by atoms with Gasteiger partial charge >= 0.3 is 0 Å². The van der Waals surface area contributed by atoms with Crippen molar-refractivity contribution in [2.75, 3.05) is 5.73 Å². The summed E-state index contributed by atoms with van der Waals surface area (Å²) in [5, 5.41) is 1.16. The SMILES string of the molecule is CC(C)c1cc(-c2cccc(OCc3ccc(N)cc3)c2)c2ncccc2c1. The Bertz CT molecular complexity index is 1100. The summed E-state index contributed by atoms with van der Waals surface area (Å²) in [4.78, 5) is 4.64. The maximum absolute atomic E-state index is 6.02. The van der Waals surface area contributed by atoms with Gasteiger partial charge in [-0.25, -0.2) is 0 Å². The summed E-state index contributed by atoms with van der Waals surface area (Å²) >= 11 is 0. The van der Waals surface area contributed by atoms with E-state index >= 15 is 0 Å². The third-order valence-corrected chi connectivity index (χ3v) is 4.92. The minimum Gasteiger partial charge on any atom is -0.489 e. The molecule has 0 unspecified atom stereocenters. The van der Waals surface area contributed by atoms with Gasteiger partial charge in [-0.1, -0.05) is 44.2 Å². The van der Waals surface area contributed by atoms with Gasteiger partial charge in [0.05, 0.1) is 5.52 Å². The van der Waals surface area contributed by atoms with Crippen LogP contribution in [0, 0.1) is 0 Å². The second-order valence-electron chi connectivity index (χ2n) is 7.36. The van der Waals surface area contributed by atoms with Crippen molar-refractivity contribution < 1.29 is 4.74 Å². The topological polar surface area (TPSA) is 48.1 Å². The number of pyridine rings is 1. The maximum atomic E-state index is 6.02. The van der Waals surface area contributed by atoms with Crippen LogP contribution in [0.15, 0.2) is 79.0 Å². The van der Waals surface area contributed by atoms with E-state index in [0.717, 1.165) is 39.0 Å². The van der Waals surface area contributed by atoms with E-state index in [0.29, 0.717) is 12.5 Å². The Hall–Kier alpha value is -3.33. The summed E-state index contributed by atoms with van der Waals surface area (Å²) < 4.78 is 6.02. The van der Waals surface area contributed by atoms with E-state index in [1.807, 2.05) is 48.7 Å². The molecule has 4 rings (SSSR count). The predicted octanol–water partition coefficient (Wildman–Crippen LogP) is 6.19. The zero-order valence-corrected chi connectivity index (χ0v) is 16.2. The van der Waals surface area contributed by atoms with Crippen molar-refractivity contribution in [1.82, 2.24) is 4.98 Å². The first-order chi connectivity index (χ1) is 13.6. The van der Waals surface area contributed by atoms with Gasteiger partial charge in [0.25, 0.3) is 0 Å². The second-order valence-corrected chi connectivity index (χ2v) is 7.36. The lowest BCUT2D eigenvalue weighted by Crippen LogP contribution is -1.96. The molecular weight excluding hydrogens is 344 g/mol. The number of aromatic nitrogens is 1. The predicted molar refractivity (Wildman–Crippen MR) is 116 cm³/mol. The molecule has 0 spiro atoms. The van der Waals surface area contributed by atoms with E-state index in [2.05, 4.69) is 49.2 Å². The Morgan fingerprint density at radius 2 is 1.75 bits per heavy atom. The number of fused-ring (bicyclic) bond motifs is 1. The van der Waals surface area contributed by atoms with Crippen LogP contribution in [0.2, 0.25) is 0 Å². The Morgan fingerprint density at radius 3 is 2.54 bits per heavy atom. The molecule has 4 aromatic rings. The summed E-state index contributed by atoms with van der Waals surface area (Å²) in [6.07, 6.45) is 1.85. The van der Waals surface area contributed by atoms with E-state index in [4.69, 9.17) is 10.5 Å². The number of anilines is 1. The van der Waals surface area contributed by atoms with Crippen LogP contribution in [0.4, 0.5) is 5.69 Å². The molecule has 140 valence electrons. The highest BCUT2D eigenvalue weighted by Crippen LogP contribution is 2.33. The van der Waals surface area contributed by atoms with Gasteiger partial charge in [-0.3, -0.25) is 4.98 Å². The van der Waals surface area contributed by atoms with E-state index in [9.17, 15) is 0 Å². The molecule has 1 aromatic heterocycles. The summed E-state index contributed by atoms with van der Waals surface area (Å²) in [6.45, 7) is 4.94. The van der Waals surface area contributed by atoms with Gasteiger partial charge in [-0.15, -0.1) is 0 Å².